The first-order valence-corrected chi connectivity index (χ1v) is 9.14. The number of hydrogen-bond acceptors (Lipinski definition) is 2. The highest BCUT2D eigenvalue weighted by atomic mass is 79.9. The van der Waals surface area contributed by atoms with Crippen LogP contribution in [0.3, 0.4) is 0 Å². The van der Waals surface area contributed by atoms with E-state index in [0.29, 0.717) is 6.04 Å². The number of hydrogen-bond donors (Lipinski definition) is 1. The first-order chi connectivity index (χ1) is 9.31. The van der Waals surface area contributed by atoms with E-state index >= 15 is 0 Å². The second-order valence-corrected chi connectivity index (χ2v) is 7.59. The van der Waals surface area contributed by atoms with Crippen molar-refractivity contribution >= 4 is 27.3 Å². The van der Waals surface area contributed by atoms with Crippen LogP contribution < -0.4 is 5.32 Å². The summed E-state index contributed by atoms with van der Waals surface area (Å²) in [5.74, 6) is 0. The molecule has 1 aromatic rings. The molecule has 0 saturated carbocycles. The Labute approximate surface area is 129 Å². The minimum absolute atomic E-state index is 0.431. The van der Waals surface area contributed by atoms with Gasteiger partial charge in [-0.1, -0.05) is 31.4 Å². The maximum absolute atomic E-state index is 3.73. The third kappa shape index (κ3) is 4.73. The lowest BCUT2D eigenvalue weighted by molar-refractivity contribution is 0.541. The molecule has 1 aliphatic rings. The lowest BCUT2D eigenvalue weighted by Gasteiger charge is -2.23. The van der Waals surface area contributed by atoms with Crippen LogP contribution in [0, 0.1) is 0 Å². The minimum atomic E-state index is 0.431. The van der Waals surface area contributed by atoms with Gasteiger partial charge in [0, 0.05) is 0 Å². The molecule has 0 aromatic carbocycles. The van der Waals surface area contributed by atoms with Crippen molar-refractivity contribution in [2.75, 3.05) is 6.54 Å². The van der Waals surface area contributed by atoms with Crippen molar-refractivity contribution in [3.05, 3.63) is 32.4 Å². The van der Waals surface area contributed by atoms with Gasteiger partial charge in [0.25, 0.3) is 0 Å². The zero-order valence-electron chi connectivity index (χ0n) is 11.8. The Morgan fingerprint density at radius 3 is 2.89 bits per heavy atom. The quantitative estimate of drug-likeness (QED) is 0.664. The monoisotopic (exact) mass is 341 g/mol. The van der Waals surface area contributed by atoms with E-state index in [4.69, 9.17) is 0 Å². The Kier molecular flexibility index (Phi) is 6.62. The molecule has 1 N–H and O–H groups in total. The van der Waals surface area contributed by atoms with E-state index in [0.717, 1.165) is 6.54 Å². The van der Waals surface area contributed by atoms with Gasteiger partial charge < -0.3 is 5.32 Å². The molecule has 0 radical (unpaired) electrons. The molecule has 1 aromatic heterocycles. The molecule has 1 aliphatic carbocycles. The van der Waals surface area contributed by atoms with Gasteiger partial charge in [-0.05, 0) is 71.6 Å². The molecule has 1 nitrogen and oxygen atoms in total. The fourth-order valence-electron chi connectivity index (χ4n) is 2.71. The highest BCUT2D eigenvalue weighted by molar-refractivity contribution is 9.11. The van der Waals surface area contributed by atoms with Crippen LogP contribution in [-0.4, -0.2) is 6.54 Å². The van der Waals surface area contributed by atoms with E-state index in [1.807, 2.05) is 0 Å². The normalized spacial score (nSPS) is 18.5. The third-order valence-electron chi connectivity index (χ3n) is 3.72. The Bertz CT molecular complexity index is 411. The largest absolute Gasteiger partial charge is 0.307 e. The molecule has 0 saturated heterocycles. The number of thiophene rings is 1. The Hall–Kier alpha value is -0.120. The number of rotatable bonds is 5. The number of allylic oxidation sites excluding steroid dienone is 1. The van der Waals surface area contributed by atoms with Gasteiger partial charge >= 0.3 is 0 Å². The Morgan fingerprint density at radius 1 is 1.32 bits per heavy atom. The minimum Gasteiger partial charge on any atom is -0.307 e. The molecular weight excluding hydrogens is 318 g/mol. The van der Waals surface area contributed by atoms with Crippen molar-refractivity contribution in [1.29, 1.82) is 0 Å². The van der Waals surface area contributed by atoms with Crippen molar-refractivity contribution in [2.45, 2.75) is 57.9 Å². The fourth-order valence-corrected chi connectivity index (χ4v) is 3.91. The van der Waals surface area contributed by atoms with E-state index < -0.39 is 0 Å². The molecular formula is C16H24BrNS. The molecule has 106 valence electrons. The van der Waals surface area contributed by atoms with Gasteiger partial charge in [0.05, 0.1) is 9.83 Å². The predicted molar refractivity (Wildman–Crippen MR) is 88.8 cm³/mol. The van der Waals surface area contributed by atoms with Gasteiger partial charge in [0.15, 0.2) is 0 Å². The zero-order valence-corrected chi connectivity index (χ0v) is 14.2. The summed E-state index contributed by atoms with van der Waals surface area (Å²) in [6.07, 6.45) is 11.7. The molecule has 1 heterocycles. The summed E-state index contributed by atoms with van der Waals surface area (Å²) in [6.45, 7) is 3.33. The average Bonchev–Trinajstić information content (AvgIpc) is 2.78. The first kappa shape index (κ1) is 15.3. The Balaban J connectivity index is 2.15. The van der Waals surface area contributed by atoms with Crippen molar-refractivity contribution in [2.24, 2.45) is 0 Å². The summed E-state index contributed by atoms with van der Waals surface area (Å²) >= 11 is 5.38. The van der Waals surface area contributed by atoms with E-state index in [9.17, 15) is 0 Å². The fraction of sp³-hybridized carbons (Fsp3) is 0.625. The molecule has 3 heteroatoms. The van der Waals surface area contributed by atoms with E-state index in [1.165, 1.54) is 54.3 Å². The molecule has 2 rings (SSSR count). The number of nitrogens with one attached hydrogen (secondary N) is 1. The molecule has 0 aliphatic heterocycles. The van der Waals surface area contributed by atoms with Crippen molar-refractivity contribution in [1.82, 2.24) is 5.32 Å². The summed E-state index contributed by atoms with van der Waals surface area (Å²) < 4.78 is 1.23. The van der Waals surface area contributed by atoms with Crippen LogP contribution in [0.15, 0.2) is 26.9 Å². The molecule has 0 spiro atoms. The Morgan fingerprint density at radius 2 is 2.16 bits per heavy atom. The summed E-state index contributed by atoms with van der Waals surface area (Å²) in [6, 6.07) is 2.71. The number of halogens is 1. The van der Waals surface area contributed by atoms with E-state index in [2.05, 4.69) is 45.7 Å². The smallest absolute Gasteiger partial charge is 0.0701 e. The predicted octanol–water partition coefficient (Wildman–Crippen LogP) is 5.83. The van der Waals surface area contributed by atoms with Crippen LogP contribution in [0.25, 0.3) is 0 Å². The molecule has 1 unspecified atom stereocenters. The maximum Gasteiger partial charge on any atom is 0.0701 e. The summed E-state index contributed by atoms with van der Waals surface area (Å²) in [5, 5.41) is 6.02. The van der Waals surface area contributed by atoms with Crippen LogP contribution in [0.5, 0.6) is 0 Å². The third-order valence-corrected chi connectivity index (χ3v) is 5.24. The maximum atomic E-state index is 3.73. The van der Waals surface area contributed by atoms with Gasteiger partial charge in [-0.3, -0.25) is 0 Å². The van der Waals surface area contributed by atoms with Gasteiger partial charge in [-0.2, -0.15) is 0 Å². The van der Waals surface area contributed by atoms with Crippen LogP contribution >= 0.6 is 27.3 Å². The van der Waals surface area contributed by atoms with Gasteiger partial charge in [-0.15, -0.1) is 11.3 Å². The van der Waals surface area contributed by atoms with Crippen molar-refractivity contribution < 1.29 is 0 Å². The van der Waals surface area contributed by atoms with Gasteiger partial charge in [0.2, 0.25) is 0 Å². The molecule has 0 amide bonds. The summed E-state index contributed by atoms with van der Waals surface area (Å²) in [7, 11) is 0. The zero-order chi connectivity index (χ0) is 13.5. The lowest BCUT2D eigenvalue weighted by atomic mass is 9.92. The first-order valence-electron chi connectivity index (χ1n) is 7.47. The topological polar surface area (TPSA) is 12.0 Å². The van der Waals surface area contributed by atoms with Crippen LogP contribution in [0.1, 0.15) is 63.5 Å². The molecule has 1 atom stereocenters. The molecule has 0 fully saturated rings. The molecule has 0 bridgehead atoms. The summed E-state index contributed by atoms with van der Waals surface area (Å²) in [5.41, 5.74) is 3.04. The lowest BCUT2D eigenvalue weighted by Crippen LogP contribution is -2.24. The average molecular weight is 342 g/mol. The molecule has 19 heavy (non-hydrogen) atoms. The second-order valence-electron chi connectivity index (χ2n) is 5.30. The van der Waals surface area contributed by atoms with Crippen molar-refractivity contribution in [3.8, 4) is 0 Å². The SMILES string of the molecule is CCCNC(C1=CCCCCCC1)c1csc(Br)c1. The second kappa shape index (κ2) is 8.23. The van der Waals surface area contributed by atoms with Crippen LogP contribution in [0.4, 0.5) is 0 Å². The van der Waals surface area contributed by atoms with Gasteiger partial charge in [-0.25, -0.2) is 0 Å². The standard InChI is InChI=1S/C16H24BrNS/c1-2-10-18-16(14-11-15(17)19-12-14)13-8-6-4-3-5-7-9-13/h8,11-12,16,18H,2-7,9-10H2,1H3. The highest BCUT2D eigenvalue weighted by Crippen LogP contribution is 2.33. The van der Waals surface area contributed by atoms with Crippen LogP contribution in [-0.2, 0) is 0 Å². The van der Waals surface area contributed by atoms with E-state index in [-0.39, 0.29) is 0 Å². The van der Waals surface area contributed by atoms with Gasteiger partial charge in [0.1, 0.15) is 0 Å². The van der Waals surface area contributed by atoms with Crippen LogP contribution in [0.2, 0.25) is 0 Å². The van der Waals surface area contributed by atoms with Crippen molar-refractivity contribution in [3.63, 3.8) is 0 Å². The van der Waals surface area contributed by atoms with E-state index in [1.54, 1.807) is 16.9 Å². The summed E-state index contributed by atoms with van der Waals surface area (Å²) in [4.78, 5) is 0. The highest BCUT2D eigenvalue weighted by Gasteiger charge is 2.17.